The quantitative estimate of drug-likeness (QED) is 0.848. The number of urea groups is 1. The molecule has 0 radical (unpaired) electrons. The molecule has 24 heavy (non-hydrogen) atoms. The molecule has 0 aliphatic carbocycles. The fourth-order valence-electron chi connectivity index (χ4n) is 2.41. The van der Waals surface area contributed by atoms with Gasteiger partial charge in [0.15, 0.2) is 9.84 Å². The monoisotopic (exact) mass is 362 g/mol. The van der Waals surface area contributed by atoms with Crippen LogP contribution in [0.15, 0.2) is 29.2 Å². The molecule has 1 aliphatic heterocycles. The number of hydrogen-bond acceptors (Lipinski definition) is 4. The first-order chi connectivity index (χ1) is 11.2. The molecule has 9 heteroatoms. The van der Waals surface area contributed by atoms with Crippen molar-refractivity contribution in [2.75, 3.05) is 18.8 Å². The normalized spacial score (nSPS) is 20.7. The third kappa shape index (κ3) is 4.21. The van der Waals surface area contributed by atoms with Crippen LogP contribution in [-0.2, 0) is 16.4 Å². The highest BCUT2D eigenvalue weighted by Gasteiger charge is 2.44. The van der Waals surface area contributed by atoms with Gasteiger partial charge in [-0.15, -0.1) is 0 Å². The van der Waals surface area contributed by atoms with Crippen LogP contribution in [0, 0.1) is 0 Å². The number of piperidine rings is 1. The number of aliphatic hydroxyl groups excluding tert-OH is 1. The number of rotatable bonds is 4. The minimum atomic E-state index is -3.35. The summed E-state index contributed by atoms with van der Waals surface area (Å²) < 4.78 is 50.6. The smallest absolute Gasteiger partial charge is 0.317 e. The summed E-state index contributed by atoms with van der Waals surface area (Å²) >= 11 is 0. The van der Waals surface area contributed by atoms with Gasteiger partial charge in [0.1, 0.15) is 6.10 Å². The number of nitrogens with zero attached hydrogens (tertiary/aromatic N) is 1. The molecular formula is C15H20F2N2O4S. The molecule has 1 aromatic carbocycles. The van der Waals surface area contributed by atoms with Crippen LogP contribution in [0.5, 0.6) is 0 Å². The largest absolute Gasteiger partial charge is 0.387 e. The van der Waals surface area contributed by atoms with E-state index in [9.17, 15) is 27.1 Å². The lowest BCUT2D eigenvalue weighted by Gasteiger charge is -2.35. The van der Waals surface area contributed by atoms with E-state index in [0.29, 0.717) is 5.56 Å². The van der Waals surface area contributed by atoms with E-state index in [2.05, 4.69) is 5.32 Å². The first-order valence-electron chi connectivity index (χ1n) is 7.56. The van der Waals surface area contributed by atoms with Gasteiger partial charge in [0.25, 0.3) is 5.92 Å². The van der Waals surface area contributed by atoms with Gasteiger partial charge in [-0.1, -0.05) is 19.1 Å². The van der Waals surface area contributed by atoms with Crippen LogP contribution in [0.1, 0.15) is 18.9 Å². The Hall–Kier alpha value is -1.74. The predicted molar refractivity (Wildman–Crippen MR) is 83.5 cm³/mol. The van der Waals surface area contributed by atoms with Gasteiger partial charge in [-0.05, 0) is 24.1 Å². The van der Waals surface area contributed by atoms with E-state index in [0.717, 1.165) is 4.90 Å². The second kappa shape index (κ2) is 7.02. The molecule has 1 aromatic rings. The Morgan fingerprint density at radius 1 is 1.46 bits per heavy atom. The Bertz CT molecular complexity index is 709. The third-order valence-electron chi connectivity index (χ3n) is 3.93. The maximum absolute atomic E-state index is 13.5. The summed E-state index contributed by atoms with van der Waals surface area (Å²) in [5, 5.41) is 11.7. The second-order valence-electron chi connectivity index (χ2n) is 5.70. The summed E-state index contributed by atoms with van der Waals surface area (Å²) in [5.74, 6) is -3.36. The van der Waals surface area contributed by atoms with Gasteiger partial charge in [0.05, 0.1) is 17.2 Å². The van der Waals surface area contributed by atoms with Crippen LogP contribution in [0.2, 0.25) is 0 Å². The van der Waals surface area contributed by atoms with Crippen molar-refractivity contribution in [3.63, 3.8) is 0 Å². The average Bonchev–Trinajstić information content (AvgIpc) is 2.55. The predicted octanol–water partition coefficient (Wildman–Crippen LogP) is 1.39. The van der Waals surface area contributed by atoms with Crippen LogP contribution in [0.25, 0.3) is 0 Å². The highest BCUT2D eigenvalue weighted by molar-refractivity contribution is 7.91. The molecule has 6 nitrogen and oxygen atoms in total. The molecule has 2 N–H and O–H groups in total. The third-order valence-corrected chi connectivity index (χ3v) is 5.66. The lowest BCUT2D eigenvalue weighted by atomic mass is 10.0. The summed E-state index contributed by atoms with van der Waals surface area (Å²) in [6, 6.07) is 5.45. The van der Waals surface area contributed by atoms with Gasteiger partial charge in [-0.25, -0.2) is 22.0 Å². The zero-order valence-electron chi connectivity index (χ0n) is 13.2. The molecule has 1 atom stereocenters. The zero-order chi connectivity index (χ0) is 18.0. The van der Waals surface area contributed by atoms with Gasteiger partial charge in [-0.3, -0.25) is 0 Å². The van der Waals surface area contributed by atoms with Gasteiger partial charge < -0.3 is 15.3 Å². The van der Waals surface area contributed by atoms with Gasteiger partial charge in [-0.2, -0.15) is 0 Å². The summed E-state index contributed by atoms with van der Waals surface area (Å²) in [7, 11) is -3.35. The van der Waals surface area contributed by atoms with Gasteiger partial charge in [0.2, 0.25) is 0 Å². The second-order valence-corrected chi connectivity index (χ2v) is 7.97. The fourth-order valence-corrected chi connectivity index (χ4v) is 3.36. The minimum Gasteiger partial charge on any atom is -0.387 e. The molecule has 134 valence electrons. The summed E-state index contributed by atoms with van der Waals surface area (Å²) in [5.41, 5.74) is 0.557. The molecule has 1 heterocycles. The molecule has 1 unspecified atom stereocenters. The molecule has 2 rings (SSSR count). The Morgan fingerprint density at radius 2 is 2.17 bits per heavy atom. The highest BCUT2D eigenvalue weighted by Crippen LogP contribution is 2.27. The molecule has 0 saturated carbocycles. The van der Waals surface area contributed by atoms with Crippen LogP contribution >= 0.6 is 0 Å². The Labute approximate surface area is 139 Å². The molecule has 0 aromatic heterocycles. The molecule has 0 spiro atoms. The Kier molecular flexibility index (Phi) is 5.44. The number of alkyl halides is 2. The van der Waals surface area contributed by atoms with Crippen molar-refractivity contribution in [3.05, 3.63) is 29.8 Å². The van der Waals surface area contributed by atoms with Crippen LogP contribution in [0.3, 0.4) is 0 Å². The minimum absolute atomic E-state index is 0.0243. The number of carbonyl (C=O) groups excluding carboxylic acids is 1. The first-order valence-corrected chi connectivity index (χ1v) is 9.21. The number of sulfone groups is 1. The fraction of sp³-hybridized carbons (Fsp3) is 0.533. The maximum Gasteiger partial charge on any atom is 0.317 e. The summed E-state index contributed by atoms with van der Waals surface area (Å²) in [4.78, 5) is 13.1. The molecule has 1 aliphatic rings. The lowest BCUT2D eigenvalue weighted by Crippen LogP contribution is -2.55. The van der Waals surface area contributed by atoms with Crippen LogP contribution in [-0.4, -0.2) is 55.3 Å². The lowest BCUT2D eigenvalue weighted by molar-refractivity contribution is -0.141. The molecule has 1 fully saturated rings. The van der Waals surface area contributed by atoms with Crippen molar-refractivity contribution in [1.82, 2.24) is 10.2 Å². The molecule has 2 amide bonds. The van der Waals surface area contributed by atoms with Crippen LogP contribution in [0.4, 0.5) is 13.6 Å². The summed E-state index contributed by atoms with van der Waals surface area (Å²) in [6.45, 7) is 0.752. The van der Waals surface area contributed by atoms with E-state index in [1.54, 1.807) is 12.1 Å². The van der Waals surface area contributed by atoms with Gasteiger partial charge >= 0.3 is 6.03 Å². The molecule has 0 bridgehead atoms. The van der Waals surface area contributed by atoms with E-state index >= 15 is 0 Å². The SMILES string of the molecule is CCS(=O)(=O)c1cccc(CNC(=O)N2CCC(O)C(F)(F)C2)c1. The Balaban J connectivity index is 1.99. The van der Waals surface area contributed by atoms with Crippen LogP contribution < -0.4 is 5.32 Å². The van der Waals surface area contributed by atoms with E-state index in [4.69, 9.17) is 0 Å². The van der Waals surface area contributed by atoms with E-state index < -0.39 is 34.4 Å². The first kappa shape index (κ1) is 18.6. The maximum atomic E-state index is 13.5. The van der Waals surface area contributed by atoms with Crippen molar-refractivity contribution in [2.24, 2.45) is 0 Å². The molecule has 1 saturated heterocycles. The van der Waals surface area contributed by atoms with Crippen molar-refractivity contribution in [3.8, 4) is 0 Å². The number of hydrogen-bond donors (Lipinski definition) is 2. The number of halogens is 2. The standard InChI is InChI=1S/C15H20F2N2O4S/c1-2-24(22,23)12-5-3-4-11(8-12)9-18-14(21)19-7-6-13(20)15(16,17)10-19/h3-5,8,13,20H,2,6-7,9-10H2,1H3,(H,18,21). The molecular weight excluding hydrogens is 342 g/mol. The number of benzene rings is 1. The Morgan fingerprint density at radius 3 is 2.79 bits per heavy atom. The highest BCUT2D eigenvalue weighted by atomic mass is 32.2. The van der Waals surface area contributed by atoms with Crippen molar-refractivity contribution < 1.29 is 27.1 Å². The van der Waals surface area contributed by atoms with E-state index in [1.165, 1.54) is 19.1 Å². The van der Waals surface area contributed by atoms with Crippen molar-refractivity contribution in [1.29, 1.82) is 0 Å². The number of amides is 2. The number of likely N-dealkylation sites (tertiary alicyclic amines) is 1. The summed E-state index contributed by atoms with van der Waals surface area (Å²) in [6.07, 6.45) is -1.93. The topological polar surface area (TPSA) is 86.7 Å². The van der Waals surface area contributed by atoms with E-state index in [1.807, 2.05) is 0 Å². The zero-order valence-corrected chi connectivity index (χ0v) is 14.0. The number of carbonyl (C=O) groups is 1. The average molecular weight is 362 g/mol. The van der Waals surface area contributed by atoms with E-state index in [-0.39, 0.29) is 30.2 Å². The number of aliphatic hydroxyl groups is 1. The van der Waals surface area contributed by atoms with Crippen molar-refractivity contribution in [2.45, 2.75) is 36.8 Å². The van der Waals surface area contributed by atoms with Gasteiger partial charge in [0, 0.05) is 13.1 Å². The van der Waals surface area contributed by atoms with Crippen molar-refractivity contribution >= 4 is 15.9 Å². The number of nitrogens with one attached hydrogen (secondary N) is 1.